The molecular weight excluding hydrogens is 358 g/mol. The number of carboxylic acids is 1. The van der Waals surface area contributed by atoms with Gasteiger partial charge in [-0.25, -0.2) is 0 Å². The number of benzene rings is 1. The molecule has 0 bridgehead atoms. The molecule has 132 valence electrons. The van der Waals surface area contributed by atoms with Gasteiger partial charge in [0.1, 0.15) is 5.04 Å². The Hall–Kier alpha value is -1.66. The average Bonchev–Trinajstić information content (AvgIpc) is 3.26. The van der Waals surface area contributed by atoms with Crippen LogP contribution >= 0.6 is 23.4 Å². The second kappa shape index (κ2) is 6.92. The number of aliphatic imine (C=N–C) groups is 1. The van der Waals surface area contributed by atoms with E-state index < -0.39 is 5.97 Å². The van der Waals surface area contributed by atoms with E-state index in [1.54, 1.807) is 11.8 Å². The summed E-state index contributed by atoms with van der Waals surface area (Å²) in [4.78, 5) is 18.9. The monoisotopic (exact) mass is 377 g/mol. The van der Waals surface area contributed by atoms with Crippen LogP contribution in [0.4, 0.5) is 5.69 Å². The smallest absolute Gasteiger partial charge is 0.305 e. The van der Waals surface area contributed by atoms with E-state index in [0.29, 0.717) is 16.8 Å². The molecule has 5 nitrogen and oxygen atoms in total. The third-order valence-corrected chi connectivity index (χ3v) is 6.13. The van der Waals surface area contributed by atoms with E-state index in [2.05, 4.69) is 21.4 Å². The average molecular weight is 378 g/mol. The van der Waals surface area contributed by atoms with Crippen molar-refractivity contribution in [3.8, 4) is 0 Å². The molecule has 1 aliphatic heterocycles. The fourth-order valence-corrected chi connectivity index (χ4v) is 4.85. The van der Waals surface area contributed by atoms with E-state index in [4.69, 9.17) is 16.7 Å². The van der Waals surface area contributed by atoms with Crippen molar-refractivity contribution in [2.75, 3.05) is 11.1 Å². The largest absolute Gasteiger partial charge is 0.481 e. The van der Waals surface area contributed by atoms with E-state index in [0.717, 1.165) is 27.3 Å². The van der Waals surface area contributed by atoms with Crippen molar-refractivity contribution in [3.05, 3.63) is 28.9 Å². The van der Waals surface area contributed by atoms with Gasteiger partial charge >= 0.3 is 5.97 Å². The number of halogens is 1. The van der Waals surface area contributed by atoms with Gasteiger partial charge in [-0.15, -0.1) is 11.8 Å². The SMILES string of the molecule is O=C(O)C[C@@H]1CSC(c2cc3cc(Cl)cc(NC4CCCC4)c3[nH]2)=N1. The van der Waals surface area contributed by atoms with Gasteiger partial charge in [0.05, 0.1) is 29.4 Å². The number of anilines is 1. The number of fused-ring (bicyclic) bond motifs is 1. The van der Waals surface area contributed by atoms with Crippen LogP contribution in [0.5, 0.6) is 0 Å². The lowest BCUT2D eigenvalue weighted by molar-refractivity contribution is -0.137. The van der Waals surface area contributed by atoms with Gasteiger partial charge in [-0.1, -0.05) is 24.4 Å². The predicted octanol–water partition coefficient (Wildman–Crippen LogP) is 4.51. The summed E-state index contributed by atoms with van der Waals surface area (Å²) in [6.07, 6.45) is 5.02. The summed E-state index contributed by atoms with van der Waals surface area (Å²) < 4.78 is 0. The Bertz CT molecular complexity index is 842. The number of carbonyl (C=O) groups is 1. The quantitative estimate of drug-likeness (QED) is 0.716. The maximum absolute atomic E-state index is 10.9. The second-order valence-electron chi connectivity index (χ2n) is 6.72. The van der Waals surface area contributed by atoms with E-state index in [1.807, 2.05) is 12.1 Å². The van der Waals surface area contributed by atoms with E-state index in [9.17, 15) is 4.79 Å². The second-order valence-corrected chi connectivity index (χ2v) is 8.17. The van der Waals surface area contributed by atoms with Crippen LogP contribution in [-0.4, -0.2) is 38.9 Å². The Morgan fingerprint density at radius 1 is 1.36 bits per heavy atom. The fraction of sp³-hybridized carbons (Fsp3) is 0.444. The van der Waals surface area contributed by atoms with Crippen molar-refractivity contribution in [1.29, 1.82) is 0 Å². The van der Waals surface area contributed by atoms with E-state index in [-0.39, 0.29) is 12.5 Å². The molecule has 7 heteroatoms. The number of rotatable bonds is 5. The molecule has 0 spiro atoms. The van der Waals surface area contributed by atoms with Gasteiger partial charge in [0.2, 0.25) is 0 Å². The van der Waals surface area contributed by atoms with Crippen LogP contribution in [0, 0.1) is 0 Å². The summed E-state index contributed by atoms with van der Waals surface area (Å²) in [5.41, 5.74) is 3.01. The first-order valence-electron chi connectivity index (χ1n) is 8.60. The number of carboxylic acid groups (broad SMARTS) is 1. The van der Waals surface area contributed by atoms with Gasteiger partial charge in [0.15, 0.2) is 0 Å². The van der Waals surface area contributed by atoms with E-state index >= 15 is 0 Å². The van der Waals surface area contributed by atoms with Gasteiger partial charge in [0.25, 0.3) is 0 Å². The fourth-order valence-electron chi connectivity index (χ4n) is 3.60. The maximum Gasteiger partial charge on any atom is 0.305 e. The van der Waals surface area contributed by atoms with Gasteiger partial charge < -0.3 is 15.4 Å². The van der Waals surface area contributed by atoms with Crippen LogP contribution in [0.25, 0.3) is 10.9 Å². The molecule has 0 unspecified atom stereocenters. The highest BCUT2D eigenvalue weighted by Gasteiger charge is 2.23. The number of nitrogens with one attached hydrogen (secondary N) is 2. The number of H-pyrrole nitrogens is 1. The first kappa shape index (κ1) is 16.8. The minimum absolute atomic E-state index is 0.0804. The molecule has 3 N–H and O–H groups in total. The Morgan fingerprint density at radius 3 is 2.92 bits per heavy atom. The third kappa shape index (κ3) is 3.65. The summed E-state index contributed by atoms with van der Waals surface area (Å²) in [6, 6.07) is 6.33. The topological polar surface area (TPSA) is 77.5 Å². The van der Waals surface area contributed by atoms with Crippen LogP contribution in [0.2, 0.25) is 5.02 Å². The lowest BCUT2D eigenvalue weighted by atomic mass is 10.2. The van der Waals surface area contributed by atoms with Crippen molar-refractivity contribution >= 4 is 51.0 Å². The Balaban J connectivity index is 1.64. The van der Waals surface area contributed by atoms with Crippen LogP contribution in [0.3, 0.4) is 0 Å². The van der Waals surface area contributed by atoms with Gasteiger partial charge in [-0.3, -0.25) is 9.79 Å². The van der Waals surface area contributed by atoms with Crippen LogP contribution in [-0.2, 0) is 4.79 Å². The minimum Gasteiger partial charge on any atom is -0.481 e. The molecule has 2 heterocycles. The molecule has 1 aromatic carbocycles. The number of aromatic amines is 1. The highest BCUT2D eigenvalue weighted by atomic mass is 35.5. The number of nitrogens with zero attached hydrogens (tertiary/aromatic N) is 1. The molecule has 1 fully saturated rings. The van der Waals surface area contributed by atoms with Crippen LogP contribution in [0.15, 0.2) is 23.2 Å². The zero-order valence-electron chi connectivity index (χ0n) is 13.7. The Kier molecular flexibility index (Phi) is 4.65. The lowest BCUT2D eigenvalue weighted by Crippen LogP contribution is -2.14. The number of aromatic nitrogens is 1. The molecule has 1 aromatic heterocycles. The lowest BCUT2D eigenvalue weighted by Gasteiger charge is -2.14. The molecule has 25 heavy (non-hydrogen) atoms. The third-order valence-electron chi connectivity index (χ3n) is 4.76. The first-order valence-corrected chi connectivity index (χ1v) is 9.96. The summed E-state index contributed by atoms with van der Waals surface area (Å²) in [5, 5.41) is 15.2. The molecule has 2 aromatic rings. The molecular formula is C18H20ClN3O2S. The van der Waals surface area contributed by atoms with Gasteiger partial charge in [0, 0.05) is 22.2 Å². The van der Waals surface area contributed by atoms with E-state index in [1.165, 1.54) is 25.7 Å². The van der Waals surface area contributed by atoms with Crippen molar-refractivity contribution in [2.24, 2.45) is 4.99 Å². The summed E-state index contributed by atoms with van der Waals surface area (Å²) in [5.74, 6) is -0.0904. The van der Waals surface area contributed by atoms with Gasteiger partial charge in [-0.05, 0) is 31.0 Å². The van der Waals surface area contributed by atoms with Crippen molar-refractivity contribution < 1.29 is 9.90 Å². The summed E-state index contributed by atoms with van der Waals surface area (Å²) >= 11 is 7.91. The molecule has 2 aliphatic rings. The zero-order chi connectivity index (χ0) is 17.4. The normalized spacial score (nSPS) is 21.0. The minimum atomic E-state index is -0.804. The molecule has 0 saturated heterocycles. The Labute approximate surface area is 155 Å². The molecule has 1 saturated carbocycles. The van der Waals surface area contributed by atoms with Crippen LogP contribution < -0.4 is 5.32 Å². The Morgan fingerprint density at radius 2 is 2.16 bits per heavy atom. The number of hydrogen-bond acceptors (Lipinski definition) is 4. The number of aliphatic carboxylic acids is 1. The van der Waals surface area contributed by atoms with Crippen molar-refractivity contribution in [2.45, 2.75) is 44.2 Å². The predicted molar refractivity (Wildman–Crippen MR) is 104 cm³/mol. The summed E-state index contributed by atoms with van der Waals surface area (Å²) in [7, 11) is 0. The highest BCUT2D eigenvalue weighted by molar-refractivity contribution is 8.14. The van der Waals surface area contributed by atoms with Crippen LogP contribution in [0.1, 0.15) is 37.8 Å². The number of hydrogen-bond donors (Lipinski definition) is 3. The molecule has 1 aliphatic carbocycles. The zero-order valence-corrected chi connectivity index (χ0v) is 15.3. The highest BCUT2D eigenvalue weighted by Crippen LogP contribution is 2.33. The first-order chi connectivity index (χ1) is 12.1. The molecule has 0 amide bonds. The summed E-state index contributed by atoms with van der Waals surface area (Å²) in [6.45, 7) is 0. The standard InChI is InChI=1S/C18H20ClN3O2S/c19-11-5-10-6-15(18-21-13(9-25-18)8-16(23)24)22-17(10)14(7-11)20-12-3-1-2-4-12/h5-7,12-13,20,22H,1-4,8-9H2,(H,23,24)/t13-/m1/s1. The van der Waals surface area contributed by atoms with Crippen molar-refractivity contribution in [3.63, 3.8) is 0 Å². The van der Waals surface area contributed by atoms with Gasteiger partial charge in [-0.2, -0.15) is 0 Å². The number of thioether (sulfide) groups is 1. The maximum atomic E-state index is 10.9. The molecule has 4 rings (SSSR count). The van der Waals surface area contributed by atoms with Crippen molar-refractivity contribution in [1.82, 2.24) is 4.98 Å². The molecule has 1 atom stereocenters. The molecule has 0 radical (unpaired) electrons.